The molecule has 2 atom stereocenters. The largest absolute Gasteiger partial charge is 0.496 e. The molecule has 4 rings (SSSR count). The molecule has 9 nitrogen and oxygen atoms in total. The fourth-order valence-electron chi connectivity index (χ4n) is 3.16. The number of methoxy groups -OCH3 is 1. The summed E-state index contributed by atoms with van der Waals surface area (Å²) in [5, 5.41) is 3.18. The van der Waals surface area contributed by atoms with E-state index in [1.807, 2.05) is 6.07 Å². The minimum atomic E-state index is -0.601. The predicted molar refractivity (Wildman–Crippen MR) is 108 cm³/mol. The van der Waals surface area contributed by atoms with Gasteiger partial charge in [-0.25, -0.2) is 9.97 Å². The summed E-state index contributed by atoms with van der Waals surface area (Å²) in [4.78, 5) is 36.3. The topological polar surface area (TPSA) is 124 Å². The highest BCUT2D eigenvalue weighted by Gasteiger charge is 2.26. The highest BCUT2D eigenvalue weighted by molar-refractivity contribution is 5.84. The van der Waals surface area contributed by atoms with E-state index in [0.717, 1.165) is 11.8 Å². The molecule has 1 amide bonds. The maximum atomic E-state index is 11.8. The first kappa shape index (κ1) is 18.4. The predicted octanol–water partition coefficient (Wildman–Crippen LogP) is 1.70. The molecule has 0 fully saturated rings. The van der Waals surface area contributed by atoms with Crippen molar-refractivity contribution >= 4 is 30.0 Å². The second kappa shape index (κ2) is 7.55. The van der Waals surface area contributed by atoms with Crippen molar-refractivity contribution < 1.29 is 14.3 Å². The Labute approximate surface area is 165 Å². The maximum absolute atomic E-state index is 11.8. The third kappa shape index (κ3) is 3.45. The lowest BCUT2D eigenvalue weighted by molar-refractivity contribution is -0.120. The maximum Gasteiger partial charge on any atom is 0.228 e. The number of dihydropyridines is 1. The number of benzene rings is 1. The molecule has 9 heteroatoms. The molecule has 1 aliphatic rings. The van der Waals surface area contributed by atoms with Gasteiger partial charge in [0.1, 0.15) is 17.6 Å². The lowest BCUT2D eigenvalue weighted by Crippen LogP contribution is -2.38. The number of nitrogens with zero attached hydrogens (tertiary/aromatic N) is 4. The second-order valence-corrected chi connectivity index (χ2v) is 6.40. The van der Waals surface area contributed by atoms with E-state index in [1.165, 1.54) is 7.11 Å². The Morgan fingerprint density at radius 3 is 2.97 bits per heavy atom. The van der Waals surface area contributed by atoms with Crippen LogP contribution in [0.3, 0.4) is 0 Å². The van der Waals surface area contributed by atoms with Crippen LogP contribution in [0.2, 0.25) is 0 Å². The third-order valence-electron chi connectivity index (χ3n) is 4.64. The van der Waals surface area contributed by atoms with Crippen LogP contribution < -0.4 is 15.8 Å². The van der Waals surface area contributed by atoms with E-state index >= 15 is 0 Å². The standard InChI is InChI=1S/C20H18N6O3/c1-29-16-9-12(4-5-13(16)11-27)15-10-17-22-7-8-26(17)20(24-15)25-19-14(18(21)28)3-2-6-23-19/h2-11,14,19H,1H3,(H2,21,28)(H,24,25). The molecule has 146 valence electrons. The van der Waals surface area contributed by atoms with Gasteiger partial charge in [-0.15, -0.1) is 0 Å². The molecule has 0 bridgehead atoms. The minimum absolute atomic E-state index is 0.448. The van der Waals surface area contributed by atoms with E-state index in [9.17, 15) is 9.59 Å². The zero-order chi connectivity index (χ0) is 20.4. The molecule has 3 N–H and O–H groups in total. The zero-order valence-corrected chi connectivity index (χ0v) is 15.5. The Morgan fingerprint density at radius 1 is 1.34 bits per heavy atom. The number of nitrogens with two attached hydrogens (primary N) is 1. The molecule has 1 aliphatic heterocycles. The lowest BCUT2D eigenvalue weighted by atomic mass is 10.0. The number of aromatic nitrogens is 3. The van der Waals surface area contributed by atoms with Gasteiger partial charge in [0.25, 0.3) is 0 Å². The molecule has 3 aromatic rings. The number of allylic oxidation sites excluding steroid dienone is 1. The number of nitrogens with one attached hydrogen (secondary N) is 1. The first-order valence-corrected chi connectivity index (χ1v) is 8.84. The Hall–Kier alpha value is -4.01. The van der Waals surface area contributed by atoms with Gasteiger partial charge in [0.15, 0.2) is 6.29 Å². The Bertz CT molecular complexity index is 1150. The molecule has 0 aliphatic carbocycles. The highest BCUT2D eigenvalue weighted by atomic mass is 16.5. The van der Waals surface area contributed by atoms with Crippen LogP contribution in [-0.4, -0.2) is 46.1 Å². The third-order valence-corrected chi connectivity index (χ3v) is 4.64. The average molecular weight is 390 g/mol. The van der Waals surface area contributed by atoms with E-state index in [1.54, 1.807) is 53.4 Å². The lowest BCUT2D eigenvalue weighted by Gasteiger charge is -2.23. The summed E-state index contributed by atoms with van der Waals surface area (Å²) in [6.07, 6.45) is 8.55. The SMILES string of the molecule is COc1cc(-c2cc3nccn3c(NC3N=CC=CC3C(N)=O)n2)ccc1C=O. The smallest absolute Gasteiger partial charge is 0.228 e. The Balaban J connectivity index is 1.77. The summed E-state index contributed by atoms with van der Waals surface area (Å²) < 4.78 is 7.05. The van der Waals surface area contributed by atoms with Gasteiger partial charge in [-0.3, -0.25) is 19.0 Å². The fraction of sp³-hybridized carbons (Fsp3) is 0.150. The van der Waals surface area contributed by atoms with Crippen molar-refractivity contribution in [1.29, 1.82) is 0 Å². The summed E-state index contributed by atoms with van der Waals surface area (Å²) in [6.45, 7) is 0. The summed E-state index contributed by atoms with van der Waals surface area (Å²) in [6, 6.07) is 7.01. The molecule has 3 heterocycles. The quantitative estimate of drug-likeness (QED) is 0.617. The molecule has 0 radical (unpaired) electrons. The summed E-state index contributed by atoms with van der Waals surface area (Å²) in [7, 11) is 1.50. The Morgan fingerprint density at radius 2 is 2.21 bits per heavy atom. The molecular formula is C20H18N6O3. The van der Waals surface area contributed by atoms with Crippen molar-refractivity contribution in [2.75, 3.05) is 12.4 Å². The van der Waals surface area contributed by atoms with Gasteiger partial charge < -0.3 is 15.8 Å². The van der Waals surface area contributed by atoms with Crippen LogP contribution in [0, 0.1) is 5.92 Å². The fourth-order valence-corrected chi connectivity index (χ4v) is 3.16. The van der Waals surface area contributed by atoms with Gasteiger partial charge in [0.05, 0.1) is 24.3 Å². The number of anilines is 1. The van der Waals surface area contributed by atoms with Crippen LogP contribution in [0.5, 0.6) is 5.75 Å². The van der Waals surface area contributed by atoms with Gasteiger partial charge in [-0.1, -0.05) is 12.1 Å². The number of aldehydes is 1. The second-order valence-electron chi connectivity index (χ2n) is 6.40. The molecule has 0 saturated carbocycles. The summed E-state index contributed by atoms with van der Waals surface area (Å²) in [5.74, 6) is -0.177. The van der Waals surface area contributed by atoms with E-state index in [4.69, 9.17) is 10.5 Å². The molecule has 0 spiro atoms. The van der Waals surface area contributed by atoms with Crippen LogP contribution in [0.15, 0.2) is 53.8 Å². The monoisotopic (exact) mass is 390 g/mol. The number of fused-ring (bicyclic) bond motifs is 1. The number of hydrogen-bond acceptors (Lipinski definition) is 7. The van der Waals surface area contributed by atoms with Crippen molar-refractivity contribution in [3.05, 3.63) is 54.4 Å². The summed E-state index contributed by atoms with van der Waals surface area (Å²) in [5.41, 5.74) is 7.97. The van der Waals surface area contributed by atoms with Crippen LogP contribution >= 0.6 is 0 Å². The number of amides is 1. The van der Waals surface area contributed by atoms with Gasteiger partial charge in [-0.05, 0) is 18.2 Å². The van der Waals surface area contributed by atoms with Crippen molar-refractivity contribution in [2.45, 2.75) is 6.17 Å². The number of rotatable bonds is 6. The van der Waals surface area contributed by atoms with Crippen LogP contribution in [0.25, 0.3) is 16.9 Å². The van der Waals surface area contributed by atoms with Crippen molar-refractivity contribution in [1.82, 2.24) is 14.4 Å². The molecule has 1 aromatic carbocycles. The van der Waals surface area contributed by atoms with Crippen LogP contribution in [0.4, 0.5) is 5.95 Å². The molecule has 0 saturated heterocycles. The van der Waals surface area contributed by atoms with Crippen LogP contribution in [0.1, 0.15) is 10.4 Å². The van der Waals surface area contributed by atoms with E-state index in [0.29, 0.717) is 28.6 Å². The number of ether oxygens (including phenoxy) is 1. The normalized spacial score (nSPS) is 18.0. The first-order chi connectivity index (χ1) is 14.1. The molecule has 29 heavy (non-hydrogen) atoms. The van der Waals surface area contributed by atoms with Crippen molar-refractivity contribution in [2.24, 2.45) is 16.6 Å². The van der Waals surface area contributed by atoms with E-state index < -0.39 is 18.0 Å². The van der Waals surface area contributed by atoms with Gasteiger partial charge >= 0.3 is 0 Å². The number of hydrogen-bond donors (Lipinski definition) is 2. The van der Waals surface area contributed by atoms with Crippen molar-refractivity contribution in [3.63, 3.8) is 0 Å². The molecule has 2 aromatic heterocycles. The number of carbonyl (C=O) groups excluding carboxylic acids is 2. The highest BCUT2D eigenvalue weighted by Crippen LogP contribution is 2.28. The number of aliphatic imine (C=N–C) groups is 1. The van der Waals surface area contributed by atoms with Gasteiger partial charge in [0, 0.05) is 30.2 Å². The molecule has 2 unspecified atom stereocenters. The number of imidazole rings is 1. The Kier molecular flexibility index (Phi) is 4.78. The van der Waals surface area contributed by atoms with Crippen molar-refractivity contribution in [3.8, 4) is 17.0 Å². The van der Waals surface area contributed by atoms with Gasteiger partial charge in [0.2, 0.25) is 11.9 Å². The van der Waals surface area contributed by atoms with Gasteiger partial charge in [-0.2, -0.15) is 0 Å². The molecular weight excluding hydrogens is 372 g/mol. The van der Waals surface area contributed by atoms with E-state index in [2.05, 4.69) is 20.3 Å². The number of carbonyl (C=O) groups is 2. The average Bonchev–Trinajstić information content (AvgIpc) is 3.22. The first-order valence-electron chi connectivity index (χ1n) is 8.84. The summed E-state index contributed by atoms with van der Waals surface area (Å²) >= 11 is 0. The number of primary amides is 1. The zero-order valence-electron chi connectivity index (χ0n) is 15.5. The minimum Gasteiger partial charge on any atom is -0.496 e. The van der Waals surface area contributed by atoms with Crippen LogP contribution in [-0.2, 0) is 4.79 Å². The van der Waals surface area contributed by atoms with E-state index in [-0.39, 0.29) is 0 Å².